The standard InChI is InChI=1S/C10H13Cl/c1-3-8(2)9-5-4-6-10(11)7-9/h4-8H,3H2,1-2H3. The maximum atomic E-state index is 5.85. The highest BCUT2D eigenvalue weighted by Crippen LogP contribution is 2.21. The molecule has 0 aliphatic heterocycles. The maximum absolute atomic E-state index is 5.85. The fourth-order valence-corrected chi connectivity index (χ4v) is 1.25. The first-order valence-electron chi connectivity index (χ1n) is 3.99. The molecule has 0 saturated carbocycles. The summed E-state index contributed by atoms with van der Waals surface area (Å²) in [4.78, 5) is 0. The first kappa shape index (κ1) is 8.61. The third-order valence-corrected chi connectivity index (χ3v) is 2.27. The molecule has 0 aromatic heterocycles. The van der Waals surface area contributed by atoms with Crippen molar-refractivity contribution in [2.24, 2.45) is 0 Å². The summed E-state index contributed by atoms with van der Waals surface area (Å²) in [6, 6.07) is 8.08. The molecule has 0 heterocycles. The summed E-state index contributed by atoms with van der Waals surface area (Å²) < 4.78 is 0. The van der Waals surface area contributed by atoms with E-state index in [1.165, 1.54) is 12.0 Å². The molecular weight excluding hydrogens is 156 g/mol. The van der Waals surface area contributed by atoms with Crippen LogP contribution in [-0.2, 0) is 0 Å². The van der Waals surface area contributed by atoms with Gasteiger partial charge in [0.25, 0.3) is 0 Å². The fraction of sp³-hybridized carbons (Fsp3) is 0.400. The van der Waals surface area contributed by atoms with E-state index in [1.807, 2.05) is 18.2 Å². The summed E-state index contributed by atoms with van der Waals surface area (Å²) in [6.07, 6.45) is 1.17. The van der Waals surface area contributed by atoms with Crippen molar-refractivity contribution < 1.29 is 0 Å². The Labute approximate surface area is 73.2 Å². The number of hydrogen-bond donors (Lipinski definition) is 0. The Hall–Kier alpha value is -0.490. The van der Waals surface area contributed by atoms with Crippen LogP contribution in [0, 0.1) is 0 Å². The fourth-order valence-electron chi connectivity index (χ4n) is 1.05. The zero-order valence-electron chi connectivity index (χ0n) is 6.97. The lowest BCUT2D eigenvalue weighted by molar-refractivity contribution is 0.734. The van der Waals surface area contributed by atoms with Gasteiger partial charge in [-0.2, -0.15) is 0 Å². The van der Waals surface area contributed by atoms with E-state index in [1.54, 1.807) is 0 Å². The highest BCUT2D eigenvalue weighted by molar-refractivity contribution is 6.30. The molecule has 0 N–H and O–H groups in total. The lowest BCUT2D eigenvalue weighted by atomic mass is 9.99. The Morgan fingerprint density at radius 1 is 1.45 bits per heavy atom. The van der Waals surface area contributed by atoms with Crippen LogP contribution in [0.2, 0.25) is 5.02 Å². The second-order valence-corrected chi connectivity index (χ2v) is 3.30. The quantitative estimate of drug-likeness (QED) is 0.629. The number of halogens is 1. The van der Waals surface area contributed by atoms with Gasteiger partial charge in [-0.15, -0.1) is 0 Å². The van der Waals surface area contributed by atoms with Crippen LogP contribution >= 0.6 is 11.6 Å². The van der Waals surface area contributed by atoms with Crippen LogP contribution < -0.4 is 0 Å². The van der Waals surface area contributed by atoms with Gasteiger partial charge in [0.1, 0.15) is 0 Å². The SMILES string of the molecule is CCC(C)c1cccc(Cl)c1. The van der Waals surface area contributed by atoms with Crippen molar-refractivity contribution in [3.05, 3.63) is 34.9 Å². The van der Waals surface area contributed by atoms with Crippen molar-refractivity contribution in [3.8, 4) is 0 Å². The molecule has 0 aliphatic carbocycles. The summed E-state index contributed by atoms with van der Waals surface area (Å²) in [5.74, 6) is 0.619. The second-order valence-electron chi connectivity index (χ2n) is 2.86. The zero-order valence-corrected chi connectivity index (χ0v) is 7.73. The van der Waals surface area contributed by atoms with Crippen molar-refractivity contribution in [2.75, 3.05) is 0 Å². The summed E-state index contributed by atoms with van der Waals surface area (Å²) in [7, 11) is 0. The average molecular weight is 169 g/mol. The number of benzene rings is 1. The van der Waals surface area contributed by atoms with Crippen molar-refractivity contribution in [3.63, 3.8) is 0 Å². The van der Waals surface area contributed by atoms with Crippen LogP contribution in [0.3, 0.4) is 0 Å². The van der Waals surface area contributed by atoms with Gasteiger partial charge in [-0.05, 0) is 30.0 Å². The van der Waals surface area contributed by atoms with E-state index < -0.39 is 0 Å². The van der Waals surface area contributed by atoms with E-state index >= 15 is 0 Å². The predicted octanol–water partition coefficient (Wildman–Crippen LogP) is 3.85. The van der Waals surface area contributed by atoms with Gasteiger partial charge in [0.05, 0.1) is 0 Å². The van der Waals surface area contributed by atoms with Crippen LogP contribution in [0.4, 0.5) is 0 Å². The van der Waals surface area contributed by atoms with E-state index in [4.69, 9.17) is 11.6 Å². The van der Waals surface area contributed by atoms with Crippen LogP contribution in [0.5, 0.6) is 0 Å². The minimum absolute atomic E-state index is 0.619. The van der Waals surface area contributed by atoms with Gasteiger partial charge in [0.15, 0.2) is 0 Å². The minimum Gasteiger partial charge on any atom is -0.0843 e. The molecule has 0 spiro atoms. The van der Waals surface area contributed by atoms with Crippen molar-refractivity contribution in [2.45, 2.75) is 26.2 Å². The lowest BCUT2D eigenvalue weighted by Crippen LogP contribution is -1.89. The van der Waals surface area contributed by atoms with Crippen LogP contribution in [0.1, 0.15) is 31.7 Å². The van der Waals surface area contributed by atoms with Crippen molar-refractivity contribution >= 4 is 11.6 Å². The monoisotopic (exact) mass is 168 g/mol. The Balaban J connectivity index is 2.86. The van der Waals surface area contributed by atoms with Gasteiger partial charge in [-0.1, -0.05) is 37.6 Å². The van der Waals surface area contributed by atoms with Crippen LogP contribution in [0.25, 0.3) is 0 Å². The average Bonchev–Trinajstić information content (AvgIpc) is 2.03. The summed E-state index contributed by atoms with van der Waals surface area (Å²) >= 11 is 5.85. The van der Waals surface area contributed by atoms with E-state index in [9.17, 15) is 0 Å². The highest BCUT2D eigenvalue weighted by atomic mass is 35.5. The molecule has 0 saturated heterocycles. The Kier molecular flexibility index (Phi) is 2.95. The van der Waals surface area contributed by atoms with Crippen molar-refractivity contribution in [1.82, 2.24) is 0 Å². The summed E-state index contributed by atoms with van der Waals surface area (Å²) in [5, 5.41) is 0.836. The molecule has 0 amide bonds. The van der Waals surface area contributed by atoms with Gasteiger partial charge in [0.2, 0.25) is 0 Å². The number of hydrogen-bond acceptors (Lipinski definition) is 0. The minimum atomic E-state index is 0.619. The third kappa shape index (κ3) is 2.23. The maximum Gasteiger partial charge on any atom is 0.0408 e. The van der Waals surface area contributed by atoms with Gasteiger partial charge >= 0.3 is 0 Å². The Bertz CT molecular complexity index is 230. The molecule has 60 valence electrons. The normalized spacial score (nSPS) is 13.0. The molecule has 0 fully saturated rings. The molecule has 1 unspecified atom stereocenters. The van der Waals surface area contributed by atoms with Gasteiger partial charge in [-0.3, -0.25) is 0 Å². The summed E-state index contributed by atoms with van der Waals surface area (Å²) in [6.45, 7) is 4.40. The van der Waals surface area contributed by atoms with Gasteiger partial charge < -0.3 is 0 Å². The Morgan fingerprint density at radius 3 is 2.73 bits per heavy atom. The van der Waals surface area contributed by atoms with E-state index in [0.29, 0.717) is 5.92 Å². The molecule has 0 aliphatic rings. The van der Waals surface area contributed by atoms with Gasteiger partial charge in [0, 0.05) is 5.02 Å². The summed E-state index contributed by atoms with van der Waals surface area (Å²) in [5.41, 5.74) is 1.33. The largest absolute Gasteiger partial charge is 0.0843 e. The Morgan fingerprint density at radius 2 is 2.18 bits per heavy atom. The first-order chi connectivity index (χ1) is 5.24. The molecule has 0 radical (unpaired) electrons. The molecule has 1 aromatic carbocycles. The molecular formula is C10H13Cl. The predicted molar refractivity (Wildman–Crippen MR) is 50.2 cm³/mol. The zero-order chi connectivity index (χ0) is 8.27. The van der Waals surface area contributed by atoms with Crippen molar-refractivity contribution in [1.29, 1.82) is 0 Å². The lowest BCUT2D eigenvalue weighted by Gasteiger charge is -2.07. The molecule has 1 atom stereocenters. The first-order valence-corrected chi connectivity index (χ1v) is 4.37. The molecule has 1 rings (SSSR count). The second kappa shape index (κ2) is 3.77. The third-order valence-electron chi connectivity index (χ3n) is 2.03. The highest BCUT2D eigenvalue weighted by Gasteiger charge is 2.01. The molecule has 1 aromatic rings. The smallest absolute Gasteiger partial charge is 0.0408 e. The molecule has 1 heteroatoms. The van der Waals surface area contributed by atoms with E-state index in [0.717, 1.165) is 5.02 Å². The topological polar surface area (TPSA) is 0 Å². The molecule has 0 nitrogen and oxygen atoms in total. The van der Waals surface area contributed by atoms with E-state index in [2.05, 4.69) is 19.9 Å². The van der Waals surface area contributed by atoms with Crippen LogP contribution in [0.15, 0.2) is 24.3 Å². The van der Waals surface area contributed by atoms with Gasteiger partial charge in [-0.25, -0.2) is 0 Å². The molecule has 11 heavy (non-hydrogen) atoms. The molecule has 0 bridgehead atoms. The number of rotatable bonds is 2. The van der Waals surface area contributed by atoms with Crippen LogP contribution in [-0.4, -0.2) is 0 Å². The van der Waals surface area contributed by atoms with E-state index in [-0.39, 0.29) is 0 Å².